The standard InChI is InChI=1S/C18H28F2N4/c1-24(2)16(17-14(19)10-7-11-15(17)20)12-22-18(21)23-13-8-5-3-4-6-9-13/h7,10-11,13,16H,3-6,8-9,12H2,1-2H3,(H3,21,22,23). The van der Waals surface area contributed by atoms with E-state index in [1.807, 2.05) is 0 Å². The molecule has 0 heterocycles. The normalized spacial score (nSPS) is 18.5. The van der Waals surface area contributed by atoms with E-state index < -0.39 is 17.7 Å². The molecular weight excluding hydrogens is 310 g/mol. The van der Waals surface area contributed by atoms with E-state index in [1.54, 1.807) is 19.0 Å². The summed E-state index contributed by atoms with van der Waals surface area (Å²) in [5.41, 5.74) is 6.03. The van der Waals surface area contributed by atoms with Crippen LogP contribution in [0.25, 0.3) is 0 Å². The van der Waals surface area contributed by atoms with E-state index in [0.29, 0.717) is 12.0 Å². The van der Waals surface area contributed by atoms with Crippen LogP contribution in [0.5, 0.6) is 0 Å². The van der Waals surface area contributed by atoms with Gasteiger partial charge >= 0.3 is 0 Å². The van der Waals surface area contributed by atoms with Crippen molar-refractivity contribution in [2.45, 2.75) is 50.6 Å². The van der Waals surface area contributed by atoms with Gasteiger partial charge in [0.25, 0.3) is 0 Å². The van der Waals surface area contributed by atoms with Crippen LogP contribution in [0.4, 0.5) is 8.78 Å². The number of hydrogen-bond acceptors (Lipinski definition) is 2. The molecule has 1 aliphatic carbocycles. The maximum Gasteiger partial charge on any atom is 0.188 e. The van der Waals surface area contributed by atoms with Crippen molar-refractivity contribution >= 4 is 5.96 Å². The van der Waals surface area contributed by atoms with Crippen molar-refractivity contribution in [3.8, 4) is 0 Å². The molecule has 1 fully saturated rings. The molecule has 1 saturated carbocycles. The Hall–Kier alpha value is -1.69. The van der Waals surface area contributed by atoms with Crippen LogP contribution in [0, 0.1) is 11.6 Å². The Morgan fingerprint density at radius 3 is 2.33 bits per heavy atom. The molecule has 1 unspecified atom stereocenters. The molecule has 3 N–H and O–H groups in total. The molecule has 0 saturated heterocycles. The lowest BCUT2D eigenvalue weighted by Crippen LogP contribution is -2.40. The largest absolute Gasteiger partial charge is 0.370 e. The van der Waals surface area contributed by atoms with Gasteiger partial charge in [-0.15, -0.1) is 0 Å². The Labute approximate surface area is 143 Å². The molecule has 0 amide bonds. The van der Waals surface area contributed by atoms with Crippen LogP contribution >= 0.6 is 0 Å². The average molecular weight is 338 g/mol. The average Bonchev–Trinajstić information content (AvgIpc) is 2.78. The van der Waals surface area contributed by atoms with Crippen LogP contribution in [-0.2, 0) is 0 Å². The van der Waals surface area contributed by atoms with E-state index in [4.69, 9.17) is 5.73 Å². The van der Waals surface area contributed by atoms with Gasteiger partial charge in [0.15, 0.2) is 5.96 Å². The highest BCUT2D eigenvalue weighted by Gasteiger charge is 2.22. The molecular formula is C18H28F2N4. The fourth-order valence-corrected chi connectivity index (χ4v) is 3.21. The Morgan fingerprint density at radius 1 is 1.21 bits per heavy atom. The molecule has 134 valence electrons. The van der Waals surface area contributed by atoms with Crippen molar-refractivity contribution in [3.05, 3.63) is 35.4 Å². The molecule has 0 aliphatic heterocycles. The van der Waals surface area contributed by atoms with Gasteiger partial charge in [-0.25, -0.2) is 8.78 Å². The Morgan fingerprint density at radius 2 is 1.79 bits per heavy atom. The zero-order valence-electron chi connectivity index (χ0n) is 14.6. The molecule has 1 aromatic rings. The second-order valence-electron chi connectivity index (χ2n) is 6.67. The first-order chi connectivity index (χ1) is 11.5. The summed E-state index contributed by atoms with van der Waals surface area (Å²) in [6.45, 7) is 0.205. The van der Waals surface area contributed by atoms with Crippen LogP contribution in [0.1, 0.15) is 50.1 Å². The van der Waals surface area contributed by atoms with Gasteiger partial charge < -0.3 is 16.0 Å². The lowest BCUT2D eigenvalue weighted by molar-refractivity contribution is 0.290. The highest BCUT2D eigenvalue weighted by molar-refractivity contribution is 5.78. The Kier molecular flexibility index (Phi) is 6.97. The maximum atomic E-state index is 14.0. The molecule has 0 radical (unpaired) electrons. The number of hydrogen-bond donors (Lipinski definition) is 2. The first kappa shape index (κ1) is 18.6. The number of benzene rings is 1. The van der Waals surface area contributed by atoms with Crippen molar-refractivity contribution in [3.63, 3.8) is 0 Å². The van der Waals surface area contributed by atoms with Crippen molar-refractivity contribution in [1.29, 1.82) is 0 Å². The van der Waals surface area contributed by atoms with E-state index in [-0.39, 0.29) is 12.1 Å². The number of likely N-dealkylation sites (N-methyl/N-ethyl adjacent to an activating group) is 1. The summed E-state index contributed by atoms with van der Waals surface area (Å²) >= 11 is 0. The smallest absolute Gasteiger partial charge is 0.188 e. The molecule has 1 aromatic carbocycles. The molecule has 0 spiro atoms. The van der Waals surface area contributed by atoms with Crippen LogP contribution in [0.3, 0.4) is 0 Å². The summed E-state index contributed by atoms with van der Waals surface area (Å²) in [4.78, 5) is 6.09. The quantitative estimate of drug-likeness (QED) is 0.492. The molecule has 1 atom stereocenters. The van der Waals surface area contributed by atoms with Gasteiger partial charge in [0.05, 0.1) is 12.6 Å². The van der Waals surface area contributed by atoms with Gasteiger partial charge in [0.2, 0.25) is 0 Å². The molecule has 24 heavy (non-hydrogen) atoms. The molecule has 2 rings (SSSR count). The van der Waals surface area contributed by atoms with Crippen LogP contribution in [0.15, 0.2) is 23.2 Å². The van der Waals surface area contributed by atoms with E-state index >= 15 is 0 Å². The van der Waals surface area contributed by atoms with Crippen LogP contribution in [-0.4, -0.2) is 37.5 Å². The number of nitrogens with one attached hydrogen (secondary N) is 1. The molecule has 0 aromatic heterocycles. The number of aliphatic imine (C=N–C) groups is 1. The summed E-state index contributed by atoms with van der Waals surface area (Å²) in [6.07, 6.45) is 7.12. The second-order valence-corrected chi connectivity index (χ2v) is 6.67. The minimum absolute atomic E-state index is 0.0357. The Bertz CT molecular complexity index is 532. The third kappa shape index (κ3) is 5.16. The minimum Gasteiger partial charge on any atom is -0.370 e. The first-order valence-electron chi connectivity index (χ1n) is 8.66. The van der Waals surface area contributed by atoms with Gasteiger partial charge in [-0.2, -0.15) is 0 Å². The number of nitrogens with zero attached hydrogens (tertiary/aromatic N) is 2. The first-order valence-corrected chi connectivity index (χ1v) is 8.66. The summed E-state index contributed by atoms with van der Waals surface area (Å²) in [5.74, 6) is -0.760. The number of rotatable bonds is 5. The van der Waals surface area contributed by atoms with Gasteiger partial charge in [-0.3, -0.25) is 4.99 Å². The zero-order chi connectivity index (χ0) is 17.5. The minimum atomic E-state index is -0.556. The van der Waals surface area contributed by atoms with Crippen LogP contribution in [0.2, 0.25) is 0 Å². The maximum absolute atomic E-state index is 14.0. The fraction of sp³-hybridized carbons (Fsp3) is 0.611. The monoisotopic (exact) mass is 338 g/mol. The van der Waals surface area contributed by atoms with Crippen molar-refractivity contribution in [1.82, 2.24) is 10.2 Å². The topological polar surface area (TPSA) is 53.6 Å². The summed E-state index contributed by atoms with van der Waals surface area (Å²) < 4.78 is 28.1. The van der Waals surface area contributed by atoms with Gasteiger partial charge in [-0.1, -0.05) is 31.7 Å². The number of nitrogens with two attached hydrogens (primary N) is 1. The summed E-state index contributed by atoms with van der Waals surface area (Å²) in [7, 11) is 3.56. The second kappa shape index (κ2) is 8.97. The van der Waals surface area contributed by atoms with Crippen molar-refractivity contribution in [2.24, 2.45) is 10.7 Å². The van der Waals surface area contributed by atoms with E-state index in [1.165, 1.54) is 43.9 Å². The zero-order valence-corrected chi connectivity index (χ0v) is 14.6. The number of halogens is 2. The highest BCUT2D eigenvalue weighted by Crippen LogP contribution is 2.24. The number of guanidine groups is 1. The third-order valence-corrected chi connectivity index (χ3v) is 4.60. The summed E-state index contributed by atoms with van der Waals surface area (Å²) in [6, 6.07) is 3.75. The van der Waals surface area contributed by atoms with Gasteiger partial charge in [-0.05, 0) is 39.1 Å². The summed E-state index contributed by atoms with van der Waals surface area (Å²) in [5, 5.41) is 3.26. The lowest BCUT2D eigenvalue weighted by atomic mass is 10.0. The fourth-order valence-electron chi connectivity index (χ4n) is 3.21. The van der Waals surface area contributed by atoms with Gasteiger partial charge in [0, 0.05) is 11.6 Å². The van der Waals surface area contributed by atoms with Crippen molar-refractivity contribution < 1.29 is 8.78 Å². The molecule has 4 nitrogen and oxygen atoms in total. The van der Waals surface area contributed by atoms with E-state index in [2.05, 4.69) is 10.3 Å². The molecule has 6 heteroatoms. The molecule has 1 aliphatic rings. The van der Waals surface area contributed by atoms with Crippen molar-refractivity contribution in [2.75, 3.05) is 20.6 Å². The third-order valence-electron chi connectivity index (χ3n) is 4.60. The lowest BCUT2D eigenvalue weighted by Gasteiger charge is -2.24. The molecule has 0 bridgehead atoms. The van der Waals surface area contributed by atoms with Gasteiger partial charge in [0.1, 0.15) is 11.6 Å². The predicted molar refractivity (Wildman–Crippen MR) is 93.9 cm³/mol. The predicted octanol–water partition coefficient (Wildman–Crippen LogP) is 3.19. The van der Waals surface area contributed by atoms with E-state index in [0.717, 1.165) is 12.8 Å². The highest BCUT2D eigenvalue weighted by atomic mass is 19.1. The van der Waals surface area contributed by atoms with E-state index in [9.17, 15) is 8.78 Å². The SMILES string of the molecule is CN(C)C(CN=C(N)NC1CCCCCC1)c1c(F)cccc1F. The Balaban J connectivity index is 2.04. The van der Waals surface area contributed by atoms with Crippen LogP contribution < -0.4 is 11.1 Å².